The van der Waals surface area contributed by atoms with Crippen LogP contribution in [0.3, 0.4) is 0 Å². The highest BCUT2D eigenvalue weighted by molar-refractivity contribution is 9.10. The van der Waals surface area contributed by atoms with Crippen LogP contribution in [0.4, 0.5) is 5.69 Å². The Morgan fingerprint density at radius 2 is 1.80 bits per heavy atom. The first-order valence-corrected chi connectivity index (χ1v) is 7.94. The van der Waals surface area contributed by atoms with E-state index >= 15 is 0 Å². The van der Waals surface area contributed by atoms with Crippen molar-refractivity contribution in [1.82, 2.24) is 4.57 Å². The zero-order valence-corrected chi connectivity index (χ0v) is 14.8. The second-order valence-electron chi connectivity index (χ2n) is 4.71. The SMILES string of the molecule is CCn1cc(Br)cc1C(=O)Nc1cc(C)c(Br)c(C)c1. The normalized spacial score (nSPS) is 10.7. The Bertz CT molecular complexity index is 639. The zero-order chi connectivity index (χ0) is 14.9. The number of nitrogens with zero attached hydrogens (tertiary/aromatic N) is 1. The molecule has 1 N–H and O–H groups in total. The first-order chi connectivity index (χ1) is 9.42. The summed E-state index contributed by atoms with van der Waals surface area (Å²) < 4.78 is 3.90. The summed E-state index contributed by atoms with van der Waals surface area (Å²) in [7, 11) is 0. The number of carbonyl (C=O) groups excluding carboxylic acids is 1. The molecule has 3 nitrogen and oxygen atoms in total. The van der Waals surface area contributed by atoms with Crippen molar-refractivity contribution in [2.24, 2.45) is 0 Å². The molecule has 20 heavy (non-hydrogen) atoms. The second-order valence-corrected chi connectivity index (χ2v) is 6.42. The molecule has 1 heterocycles. The van der Waals surface area contributed by atoms with Crippen molar-refractivity contribution in [3.8, 4) is 0 Å². The molecule has 0 aliphatic heterocycles. The highest BCUT2D eigenvalue weighted by Gasteiger charge is 2.13. The molecule has 0 aliphatic carbocycles. The highest BCUT2D eigenvalue weighted by atomic mass is 79.9. The fraction of sp³-hybridized carbons (Fsp3) is 0.267. The lowest BCUT2D eigenvalue weighted by Gasteiger charge is -2.11. The van der Waals surface area contributed by atoms with Gasteiger partial charge in [0, 0.05) is 27.4 Å². The Labute approximate surface area is 135 Å². The first-order valence-electron chi connectivity index (χ1n) is 6.36. The maximum atomic E-state index is 12.4. The summed E-state index contributed by atoms with van der Waals surface area (Å²) in [4.78, 5) is 12.4. The average Bonchev–Trinajstić information content (AvgIpc) is 2.77. The third kappa shape index (κ3) is 3.15. The number of halogens is 2. The Hall–Kier alpha value is -1.07. The highest BCUT2D eigenvalue weighted by Crippen LogP contribution is 2.25. The maximum absolute atomic E-state index is 12.4. The van der Waals surface area contributed by atoms with E-state index in [0.29, 0.717) is 5.69 Å². The molecule has 0 bridgehead atoms. The van der Waals surface area contributed by atoms with Crippen LogP contribution < -0.4 is 5.32 Å². The minimum Gasteiger partial charge on any atom is -0.343 e. The Balaban J connectivity index is 2.28. The van der Waals surface area contributed by atoms with Gasteiger partial charge in [0.25, 0.3) is 5.91 Å². The summed E-state index contributed by atoms with van der Waals surface area (Å²) in [6, 6.07) is 5.75. The molecular weight excluding hydrogens is 384 g/mol. The Morgan fingerprint density at radius 1 is 1.20 bits per heavy atom. The third-order valence-corrected chi connectivity index (χ3v) is 4.82. The molecule has 0 aliphatic rings. The summed E-state index contributed by atoms with van der Waals surface area (Å²) in [5, 5.41) is 2.95. The van der Waals surface area contributed by atoms with E-state index in [-0.39, 0.29) is 5.91 Å². The summed E-state index contributed by atoms with van der Waals surface area (Å²) in [6.45, 7) is 6.79. The standard InChI is InChI=1S/C15H16Br2N2O/c1-4-19-8-11(16)7-13(19)15(20)18-12-5-9(2)14(17)10(3)6-12/h5-8H,4H2,1-3H3,(H,18,20). The molecule has 0 atom stereocenters. The van der Waals surface area contributed by atoms with E-state index in [4.69, 9.17) is 0 Å². The average molecular weight is 400 g/mol. The number of aryl methyl sites for hydroxylation is 3. The number of hydrogen-bond acceptors (Lipinski definition) is 1. The zero-order valence-electron chi connectivity index (χ0n) is 11.6. The molecule has 0 fully saturated rings. The van der Waals surface area contributed by atoms with Crippen molar-refractivity contribution in [1.29, 1.82) is 0 Å². The fourth-order valence-corrected chi connectivity index (χ4v) is 2.83. The number of nitrogens with one attached hydrogen (secondary N) is 1. The topological polar surface area (TPSA) is 34.0 Å². The van der Waals surface area contributed by atoms with Gasteiger partial charge in [0.05, 0.1) is 0 Å². The number of benzene rings is 1. The molecule has 1 aromatic heterocycles. The summed E-state index contributed by atoms with van der Waals surface area (Å²) in [5.41, 5.74) is 3.67. The van der Waals surface area contributed by atoms with Crippen molar-refractivity contribution < 1.29 is 4.79 Å². The van der Waals surface area contributed by atoms with Gasteiger partial charge in [-0.15, -0.1) is 0 Å². The van der Waals surface area contributed by atoms with Crippen LogP contribution in [0.15, 0.2) is 33.3 Å². The van der Waals surface area contributed by atoms with Gasteiger partial charge >= 0.3 is 0 Å². The molecule has 2 aromatic rings. The van der Waals surface area contributed by atoms with Crippen LogP contribution in [0.25, 0.3) is 0 Å². The number of hydrogen-bond donors (Lipinski definition) is 1. The van der Waals surface area contributed by atoms with Crippen LogP contribution >= 0.6 is 31.9 Å². The van der Waals surface area contributed by atoms with E-state index in [1.807, 2.05) is 49.7 Å². The van der Waals surface area contributed by atoms with Gasteiger partial charge in [-0.05, 0) is 66.0 Å². The number of rotatable bonds is 3. The van der Waals surface area contributed by atoms with Crippen LogP contribution in [-0.2, 0) is 6.54 Å². The van der Waals surface area contributed by atoms with E-state index in [0.717, 1.165) is 32.3 Å². The lowest BCUT2D eigenvalue weighted by atomic mass is 10.1. The van der Waals surface area contributed by atoms with Crippen LogP contribution in [0.1, 0.15) is 28.5 Å². The van der Waals surface area contributed by atoms with Crippen molar-refractivity contribution in [3.63, 3.8) is 0 Å². The quantitative estimate of drug-likeness (QED) is 0.782. The fourth-order valence-electron chi connectivity index (χ4n) is 2.14. The number of anilines is 1. The summed E-state index contributed by atoms with van der Waals surface area (Å²) >= 11 is 6.93. The van der Waals surface area contributed by atoms with Crippen LogP contribution in [0.2, 0.25) is 0 Å². The number of aromatic nitrogens is 1. The molecule has 0 radical (unpaired) electrons. The van der Waals surface area contributed by atoms with Gasteiger partial charge < -0.3 is 9.88 Å². The molecule has 1 aromatic carbocycles. The minimum absolute atomic E-state index is 0.0985. The monoisotopic (exact) mass is 398 g/mol. The van der Waals surface area contributed by atoms with Crippen LogP contribution in [-0.4, -0.2) is 10.5 Å². The lowest BCUT2D eigenvalue weighted by molar-refractivity contribution is 0.101. The molecule has 1 amide bonds. The van der Waals surface area contributed by atoms with E-state index in [1.54, 1.807) is 0 Å². The smallest absolute Gasteiger partial charge is 0.272 e. The van der Waals surface area contributed by atoms with Gasteiger partial charge in [0.2, 0.25) is 0 Å². The lowest BCUT2D eigenvalue weighted by Crippen LogP contribution is -2.16. The molecule has 5 heteroatoms. The van der Waals surface area contributed by atoms with Crippen molar-refractivity contribution in [2.75, 3.05) is 5.32 Å². The van der Waals surface area contributed by atoms with E-state index in [9.17, 15) is 4.79 Å². The van der Waals surface area contributed by atoms with Crippen LogP contribution in [0, 0.1) is 13.8 Å². The van der Waals surface area contributed by atoms with E-state index < -0.39 is 0 Å². The predicted molar refractivity (Wildman–Crippen MR) is 89.4 cm³/mol. The van der Waals surface area contributed by atoms with Gasteiger partial charge in [-0.1, -0.05) is 15.9 Å². The van der Waals surface area contributed by atoms with Gasteiger partial charge in [-0.2, -0.15) is 0 Å². The van der Waals surface area contributed by atoms with Crippen molar-refractivity contribution >= 4 is 43.5 Å². The molecular formula is C15H16Br2N2O. The second kappa shape index (κ2) is 6.14. The number of amides is 1. The van der Waals surface area contributed by atoms with Gasteiger partial charge in [-0.3, -0.25) is 4.79 Å². The predicted octanol–water partition coefficient (Wildman–Crippen LogP) is 4.90. The van der Waals surface area contributed by atoms with E-state index in [2.05, 4.69) is 37.2 Å². The van der Waals surface area contributed by atoms with Crippen LogP contribution in [0.5, 0.6) is 0 Å². The third-order valence-electron chi connectivity index (χ3n) is 3.13. The summed E-state index contributed by atoms with van der Waals surface area (Å²) in [6.07, 6.45) is 1.91. The molecule has 0 saturated heterocycles. The van der Waals surface area contributed by atoms with Gasteiger partial charge in [-0.25, -0.2) is 0 Å². The molecule has 0 spiro atoms. The van der Waals surface area contributed by atoms with Gasteiger partial charge in [0.1, 0.15) is 5.69 Å². The largest absolute Gasteiger partial charge is 0.343 e. The van der Waals surface area contributed by atoms with Crippen molar-refractivity contribution in [3.05, 3.63) is 50.2 Å². The van der Waals surface area contributed by atoms with Crippen molar-refractivity contribution in [2.45, 2.75) is 27.3 Å². The maximum Gasteiger partial charge on any atom is 0.272 e. The Kier molecular flexibility index (Phi) is 4.70. The molecule has 0 unspecified atom stereocenters. The molecule has 2 rings (SSSR count). The van der Waals surface area contributed by atoms with E-state index in [1.165, 1.54) is 0 Å². The molecule has 106 valence electrons. The Morgan fingerprint density at radius 3 is 2.35 bits per heavy atom. The van der Waals surface area contributed by atoms with Gasteiger partial charge in [0.15, 0.2) is 0 Å². The number of carbonyl (C=O) groups is 1. The first kappa shape index (κ1) is 15.3. The molecule has 0 saturated carbocycles. The summed E-state index contributed by atoms with van der Waals surface area (Å²) in [5.74, 6) is -0.0985. The minimum atomic E-state index is -0.0985.